The number of Topliss-reactive ketones (excluding diaryl/α,β-unsaturated/α-hetero) is 1. The number of carbonyl (C=O) groups excluding carboxylic acids is 3. The highest BCUT2D eigenvalue weighted by Crippen LogP contribution is 2.34. The summed E-state index contributed by atoms with van der Waals surface area (Å²) in [4.78, 5) is 46.0. The number of thioether (sulfide) groups is 1. The highest BCUT2D eigenvalue weighted by Gasteiger charge is 2.53. The van der Waals surface area contributed by atoms with E-state index in [4.69, 9.17) is 4.74 Å². The predicted molar refractivity (Wildman–Crippen MR) is 144 cm³/mol. The maximum absolute atomic E-state index is 13.7. The number of piperazine rings is 1. The fourth-order valence-corrected chi connectivity index (χ4v) is 6.25. The Morgan fingerprint density at radius 3 is 2.39 bits per heavy atom. The van der Waals surface area contributed by atoms with Gasteiger partial charge in [-0.2, -0.15) is 11.8 Å². The molecule has 198 valence electrons. The van der Waals surface area contributed by atoms with Gasteiger partial charge in [-0.25, -0.2) is 0 Å². The van der Waals surface area contributed by atoms with Gasteiger partial charge >= 0.3 is 0 Å². The Morgan fingerprint density at radius 2 is 1.81 bits per heavy atom. The minimum Gasteiger partial charge on any atom is -0.369 e. The second kappa shape index (κ2) is 11.1. The molecule has 0 radical (unpaired) electrons. The summed E-state index contributed by atoms with van der Waals surface area (Å²) in [6, 6.07) is 6.37. The number of carbonyl (C=O) groups is 3. The molecule has 0 aliphatic carbocycles. The largest absolute Gasteiger partial charge is 0.369 e. The van der Waals surface area contributed by atoms with E-state index in [9.17, 15) is 14.4 Å². The number of likely N-dealkylation sites (N-methyl/N-ethyl adjacent to an activating group) is 1. The average molecular weight is 517 g/mol. The van der Waals surface area contributed by atoms with Gasteiger partial charge in [0.15, 0.2) is 5.78 Å². The zero-order valence-corrected chi connectivity index (χ0v) is 23.0. The molecule has 0 unspecified atom stereocenters. The molecule has 0 bridgehead atoms. The quantitative estimate of drug-likeness (QED) is 0.595. The number of rotatable bonds is 7. The van der Waals surface area contributed by atoms with Crippen molar-refractivity contribution in [3.05, 3.63) is 29.8 Å². The molecular weight excluding hydrogens is 476 g/mol. The van der Waals surface area contributed by atoms with Crippen molar-refractivity contribution in [3.63, 3.8) is 0 Å². The summed E-state index contributed by atoms with van der Waals surface area (Å²) in [6.45, 7) is 13.9. The monoisotopic (exact) mass is 516 g/mol. The number of benzene rings is 1. The molecule has 3 aliphatic heterocycles. The van der Waals surface area contributed by atoms with Crippen LogP contribution in [-0.4, -0.2) is 103 Å². The van der Waals surface area contributed by atoms with Gasteiger partial charge in [0.2, 0.25) is 5.91 Å². The zero-order valence-electron chi connectivity index (χ0n) is 22.2. The molecule has 8 nitrogen and oxygen atoms in total. The average Bonchev–Trinajstić information content (AvgIpc) is 3.43. The van der Waals surface area contributed by atoms with E-state index in [1.54, 1.807) is 16.7 Å². The van der Waals surface area contributed by atoms with Gasteiger partial charge in [-0.05, 0) is 48.9 Å². The zero-order chi connectivity index (χ0) is 26.0. The summed E-state index contributed by atoms with van der Waals surface area (Å²) in [5.41, 5.74) is 1.45. The standard InChI is InChI=1S/C27H40N4O4S/c1-6-29-11-13-30(14-12-29)19-9-7-18(8-10-19)25(33)28-20(15-27(2,3)4)26(34)31-16-22(36-5)24-23(31)21(32)17-35-24/h7-10,20,22-24H,6,11-17H2,1-5H3,(H,28,33)/t20-,22-,23+,24+/m0/s1. The van der Waals surface area contributed by atoms with Crippen LogP contribution in [0.5, 0.6) is 0 Å². The van der Waals surface area contributed by atoms with Crippen LogP contribution in [0, 0.1) is 5.41 Å². The number of amides is 2. The van der Waals surface area contributed by atoms with Crippen LogP contribution in [0.4, 0.5) is 5.69 Å². The first-order valence-corrected chi connectivity index (χ1v) is 14.3. The van der Waals surface area contributed by atoms with E-state index < -0.39 is 12.1 Å². The molecule has 3 saturated heterocycles. The maximum atomic E-state index is 13.7. The Morgan fingerprint density at radius 1 is 1.14 bits per heavy atom. The first-order chi connectivity index (χ1) is 17.1. The van der Waals surface area contributed by atoms with Crippen molar-refractivity contribution >= 4 is 35.0 Å². The highest BCUT2D eigenvalue weighted by atomic mass is 32.2. The summed E-state index contributed by atoms with van der Waals surface area (Å²) >= 11 is 1.62. The third kappa shape index (κ3) is 5.89. The molecule has 4 rings (SSSR count). The number of hydrogen-bond acceptors (Lipinski definition) is 7. The van der Waals surface area contributed by atoms with E-state index in [0.29, 0.717) is 18.5 Å². The second-order valence-electron chi connectivity index (χ2n) is 11.2. The van der Waals surface area contributed by atoms with Gasteiger partial charge in [0, 0.05) is 44.0 Å². The molecule has 0 aromatic heterocycles. The SMILES string of the molecule is CCN1CCN(c2ccc(C(=O)N[C@@H](CC(C)(C)C)C(=O)N3C[C@H](SC)[C@H]4OCC(=O)[C@H]43)cc2)CC1. The summed E-state index contributed by atoms with van der Waals surface area (Å²) in [5, 5.41) is 3.06. The smallest absolute Gasteiger partial charge is 0.251 e. The molecule has 1 aromatic carbocycles. The Hall–Kier alpha value is -2.10. The number of hydrogen-bond donors (Lipinski definition) is 1. The second-order valence-corrected chi connectivity index (χ2v) is 12.3. The minimum absolute atomic E-state index is 0.0479. The lowest BCUT2D eigenvalue weighted by atomic mass is 9.87. The van der Waals surface area contributed by atoms with Crippen molar-refractivity contribution in [1.82, 2.24) is 15.1 Å². The lowest BCUT2D eigenvalue weighted by Gasteiger charge is -2.35. The molecule has 3 heterocycles. The molecular formula is C27H40N4O4S. The molecule has 9 heteroatoms. The lowest BCUT2D eigenvalue weighted by molar-refractivity contribution is -0.138. The van der Waals surface area contributed by atoms with Gasteiger partial charge in [0.25, 0.3) is 5.91 Å². The van der Waals surface area contributed by atoms with Crippen molar-refractivity contribution in [2.75, 3.05) is 57.0 Å². The highest BCUT2D eigenvalue weighted by molar-refractivity contribution is 7.99. The topological polar surface area (TPSA) is 82.2 Å². The molecule has 36 heavy (non-hydrogen) atoms. The van der Waals surface area contributed by atoms with Crippen LogP contribution in [0.2, 0.25) is 0 Å². The third-order valence-corrected chi connectivity index (χ3v) is 8.48. The van der Waals surface area contributed by atoms with Crippen molar-refractivity contribution in [2.45, 2.75) is 57.6 Å². The number of likely N-dealkylation sites (tertiary alicyclic amines) is 1. The Bertz CT molecular complexity index is 956. The number of anilines is 1. The summed E-state index contributed by atoms with van der Waals surface area (Å²) in [6.07, 6.45) is 2.18. The molecule has 2 amide bonds. The fourth-order valence-electron chi connectivity index (χ4n) is 5.45. The third-order valence-electron chi connectivity index (χ3n) is 7.46. The summed E-state index contributed by atoms with van der Waals surface area (Å²) in [7, 11) is 0. The first-order valence-electron chi connectivity index (χ1n) is 13.0. The van der Waals surface area contributed by atoms with Crippen LogP contribution in [0.15, 0.2) is 24.3 Å². The Balaban J connectivity index is 1.46. The van der Waals surface area contributed by atoms with Gasteiger partial charge in [-0.15, -0.1) is 0 Å². The van der Waals surface area contributed by atoms with Crippen LogP contribution in [-0.2, 0) is 14.3 Å². The molecule has 3 aliphatic rings. The van der Waals surface area contributed by atoms with Crippen LogP contribution in [0.3, 0.4) is 0 Å². The van der Waals surface area contributed by atoms with Gasteiger partial charge in [0.1, 0.15) is 18.7 Å². The number of nitrogens with one attached hydrogen (secondary N) is 1. The minimum atomic E-state index is -0.714. The Kier molecular flexibility index (Phi) is 8.32. The van der Waals surface area contributed by atoms with Crippen LogP contribution < -0.4 is 10.2 Å². The molecule has 0 spiro atoms. The van der Waals surface area contributed by atoms with E-state index in [0.717, 1.165) is 38.4 Å². The van der Waals surface area contributed by atoms with Crippen molar-refractivity contribution < 1.29 is 19.1 Å². The van der Waals surface area contributed by atoms with E-state index in [1.807, 2.05) is 51.3 Å². The van der Waals surface area contributed by atoms with Crippen molar-refractivity contribution in [3.8, 4) is 0 Å². The van der Waals surface area contributed by atoms with Crippen LogP contribution in [0.25, 0.3) is 0 Å². The maximum Gasteiger partial charge on any atom is 0.251 e. The van der Waals surface area contributed by atoms with E-state index in [2.05, 4.69) is 22.0 Å². The number of ether oxygens (including phenoxy) is 1. The Labute approximate surface area is 219 Å². The van der Waals surface area contributed by atoms with Crippen molar-refractivity contribution in [1.29, 1.82) is 0 Å². The molecule has 3 fully saturated rings. The number of fused-ring (bicyclic) bond motifs is 1. The van der Waals surface area contributed by atoms with Crippen LogP contribution in [0.1, 0.15) is 44.5 Å². The summed E-state index contributed by atoms with van der Waals surface area (Å²) in [5.74, 6) is -0.527. The summed E-state index contributed by atoms with van der Waals surface area (Å²) < 4.78 is 5.72. The molecule has 1 N–H and O–H groups in total. The number of ketones is 1. The fraction of sp³-hybridized carbons (Fsp3) is 0.667. The normalized spacial score (nSPS) is 25.7. The number of nitrogens with zero attached hydrogens (tertiary/aromatic N) is 3. The first kappa shape index (κ1) is 26.9. The van der Waals surface area contributed by atoms with Gasteiger partial charge < -0.3 is 24.8 Å². The van der Waals surface area contributed by atoms with Crippen molar-refractivity contribution in [2.24, 2.45) is 5.41 Å². The molecule has 4 atom stereocenters. The van der Waals surface area contributed by atoms with Crippen LogP contribution >= 0.6 is 11.8 Å². The van der Waals surface area contributed by atoms with Gasteiger partial charge in [-0.1, -0.05) is 27.7 Å². The van der Waals surface area contributed by atoms with E-state index in [-0.39, 0.29) is 41.0 Å². The van der Waals surface area contributed by atoms with Gasteiger partial charge in [0.05, 0.1) is 11.4 Å². The lowest BCUT2D eigenvalue weighted by Crippen LogP contribution is -2.53. The van der Waals surface area contributed by atoms with E-state index >= 15 is 0 Å². The van der Waals surface area contributed by atoms with Gasteiger partial charge in [-0.3, -0.25) is 14.4 Å². The molecule has 1 aromatic rings. The molecule has 0 saturated carbocycles. The predicted octanol–water partition coefficient (Wildman–Crippen LogP) is 2.27. The van der Waals surface area contributed by atoms with E-state index in [1.165, 1.54) is 0 Å².